The molecule has 0 saturated carbocycles. The van der Waals surface area contributed by atoms with Crippen LogP contribution in [-0.2, 0) is 12.0 Å². The lowest BCUT2D eigenvalue weighted by Crippen LogP contribution is -2.46. The largest absolute Gasteiger partial charge is 0.378 e. The van der Waals surface area contributed by atoms with E-state index < -0.39 is 35.2 Å². The van der Waals surface area contributed by atoms with Crippen LogP contribution in [0.2, 0.25) is 0 Å². The van der Waals surface area contributed by atoms with Crippen molar-refractivity contribution in [1.82, 2.24) is 9.97 Å². The number of nitriles is 1. The number of carbonyl (C=O) groups is 1. The van der Waals surface area contributed by atoms with Crippen molar-refractivity contribution in [1.29, 1.82) is 5.26 Å². The van der Waals surface area contributed by atoms with Gasteiger partial charge in [0.25, 0.3) is 0 Å². The van der Waals surface area contributed by atoms with Crippen molar-refractivity contribution < 1.29 is 18.0 Å². The molecule has 0 aliphatic carbocycles. The fourth-order valence-electron chi connectivity index (χ4n) is 3.00. The molecular weight excluding hydrogens is 403 g/mol. The quantitative estimate of drug-likeness (QED) is 0.747. The minimum Gasteiger partial charge on any atom is -0.378 e. The lowest BCUT2D eigenvalue weighted by molar-refractivity contribution is 0.0987. The molecule has 29 heavy (non-hydrogen) atoms. The van der Waals surface area contributed by atoms with E-state index >= 15 is 0 Å². The number of carbonyl (C=O) groups excluding carboxylic acids is 1. The second-order valence-corrected chi connectivity index (χ2v) is 7.85. The van der Waals surface area contributed by atoms with Gasteiger partial charge < -0.3 is 5.73 Å². The molecule has 0 amide bonds. The van der Waals surface area contributed by atoms with Crippen LogP contribution in [0.15, 0.2) is 35.5 Å². The summed E-state index contributed by atoms with van der Waals surface area (Å²) in [6.45, 7) is 0.299. The Labute approximate surface area is 169 Å². The Kier molecular flexibility index (Phi) is 5.88. The third kappa shape index (κ3) is 4.10. The first-order valence-electron chi connectivity index (χ1n) is 8.55. The highest BCUT2D eigenvalue weighted by Crippen LogP contribution is 2.41. The van der Waals surface area contributed by atoms with Crippen LogP contribution in [-0.4, -0.2) is 39.0 Å². The van der Waals surface area contributed by atoms with Gasteiger partial charge in [0.05, 0.1) is 17.2 Å². The van der Waals surface area contributed by atoms with E-state index in [1.807, 2.05) is 6.07 Å². The molecule has 3 rings (SSSR count). The fourth-order valence-corrected chi connectivity index (χ4v) is 4.00. The van der Waals surface area contributed by atoms with E-state index in [9.17, 15) is 18.0 Å². The molecule has 0 fully saturated rings. The molecule has 0 aromatic carbocycles. The first kappa shape index (κ1) is 20.8. The van der Waals surface area contributed by atoms with Gasteiger partial charge in [-0.3, -0.25) is 14.8 Å². The Morgan fingerprint density at radius 1 is 1.38 bits per heavy atom. The van der Waals surface area contributed by atoms with Gasteiger partial charge in [0.2, 0.25) is 0 Å². The number of alkyl halides is 2. The van der Waals surface area contributed by atoms with Crippen LogP contribution in [0.1, 0.15) is 34.4 Å². The van der Waals surface area contributed by atoms with E-state index in [0.29, 0.717) is 5.56 Å². The van der Waals surface area contributed by atoms with E-state index in [-0.39, 0.29) is 28.7 Å². The standard InChI is InChI=1S/C19H16F3N5OS/c1-19(16(22)15(7-20)29-18(24)27-19)17-12(21)4-3-11(26-17)6-14(28)13-5-2-10(8-23)9-25-13/h2-5,9,15-16H,6-7H2,1H3,(H2,24,27)/t15-,16+,19+/m1/s1. The molecule has 2 aromatic rings. The Morgan fingerprint density at radius 3 is 2.76 bits per heavy atom. The van der Waals surface area contributed by atoms with Crippen LogP contribution in [0, 0.1) is 17.1 Å². The van der Waals surface area contributed by atoms with Gasteiger partial charge in [-0.15, -0.1) is 0 Å². The van der Waals surface area contributed by atoms with E-state index in [1.165, 1.54) is 31.3 Å². The molecule has 0 unspecified atom stereocenters. The summed E-state index contributed by atoms with van der Waals surface area (Å²) < 4.78 is 42.6. The van der Waals surface area contributed by atoms with Crippen LogP contribution >= 0.6 is 11.8 Å². The molecule has 0 radical (unpaired) electrons. The zero-order valence-electron chi connectivity index (χ0n) is 15.3. The monoisotopic (exact) mass is 419 g/mol. The van der Waals surface area contributed by atoms with Gasteiger partial charge in [-0.05, 0) is 31.2 Å². The minimum atomic E-state index is -1.86. The first-order chi connectivity index (χ1) is 13.8. The van der Waals surface area contributed by atoms with Gasteiger partial charge in [-0.1, -0.05) is 11.8 Å². The third-order valence-corrected chi connectivity index (χ3v) is 5.53. The maximum absolute atomic E-state index is 14.9. The first-order valence-corrected chi connectivity index (χ1v) is 9.43. The highest BCUT2D eigenvalue weighted by Gasteiger charge is 2.48. The number of nitrogens with two attached hydrogens (primary N) is 1. The van der Waals surface area contributed by atoms with Crippen LogP contribution in [0.5, 0.6) is 0 Å². The number of Topliss-reactive ketones (excluding diaryl/α,β-unsaturated/α-hetero) is 1. The Balaban J connectivity index is 1.92. The highest BCUT2D eigenvalue weighted by atomic mass is 32.2. The Bertz CT molecular complexity index is 1010. The summed E-state index contributed by atoms with van der Waals surface area (Å²) in [7, 11) is 0. The van der Waals surface area contributed by atoms with E-state index in [0.717, 1.165) is 17.8 Å². The molecule has 6 nitrogen and oxygen atoms in total. The van der Waals surface area contributed by atoms with Gasteiger partial charge in [0.1, 0.15) is 41.7 Å². The average Bonchev–Trinajstić information content (AvgIpc) is 2.72. The molecule has 0 bridgehead atoms. The van der Waals surface area contributed by atoms with Gasteiger partial charge in [0, 0.05) is 11.9 Å². The summed E-state index contributed by atoms with van der Waals surface area (Å²) >= 11 is 0.755. The number of ketones is 1. The van der Waals surface area contributed by atoms with E-state index in [2.05, 4.69) is 15.0 Å². The zero-order chi connectivity index (χ0) is 21.2. The number of rotatable bonds is 5. The summed E-state index contributed by atoms with van der Waals surface area (Å²) in [5.74, 6) is -1.24. The molecule has 150 valence electrons. The molecule has 3 heterocycles. The molecule has 10 heteroatoms. The SMILES string of the molecule is C[C@]1(c2nc(CC(=O)c3ccc(C#N)cn3)ccc2F)N=C(N)S[C@H](CF)[C@@H]1F. The number of nitrogens with zero attached hydrogens (tertiary/aromatic N) is 4. The van der Waals surface area contributed by atoms with Gasteiger partial charge in [-0.25, -0.2) is 18.2 Å². The van der Waals surface area contributed by atoms with Gasteiger partial charge in [-0.2, -0.15) is 5.26 Å². The molecule has 3 atom stereocenters. The predicted molar refractivity (Wildman–Crippen MR) is 102 cm³/mol. The second-order valence-electron chi connectivity index (χ2n) is 6.59. The fraction of sp³-hybridized carbons (Fsp3) is 0.316. The second kappa shape index (κ2) is 8.21. The molecule has 1 aliphatic rings. The topological polar surface area (TPSA) is 105 Å². The van der Waals surface area contributed by atoms with Gasteiger partial charge >= 0.3 is 0 Å². The normalized spacial score (nSPS) is 23.9. The van der Waals surface area contributed by atoms with Crippen molar-refractivity contribution in [2.45, 2.75) is 30.3 Å². The molecular formula is C19H16F3N5OS. The van der Waals surface area contributed by atoms with E-state index in [1.54, 1.807) is 0 Å². The number of halogens is 3. The van der Waals surface area contributed by atoms with Crippen molar-refractivity contribution in [3.05, 3.63) is 58.9 Å². The smallest absolute Gasteiger partial charge is 0.187 e. The number of pyridine rings is 2. The maximum Gasteiger partial charge on any atom is 0.187 e. The number of aliphatic imine (C=N–C) groups is 1. The molecule has 2 N–H and O–H groups in total. The van der Waals surface area contributed by atoms with Crippen molar-refractivity contribution in [3.63, 3.8) is 0 Å². The van der Waals surface area contributed by atoms with Crippen LogP contribution < -0.4 is 5.73 Å². The van der Waals surface area contributed by atoms with E-state index in [4.69, 9.17) is 11.0 Å². The highest BCUT2D eigenvalue weighted by molar-refractivity contribution is 8.14. The summed E-state index contributed by atoms with van der Waals surface area (Å²) in [4.78, 5) is 24.5. The number of thioether (sulfide) groups is 1. The van der Waals surface area contributed by atoms with Crippen LogP contribution in [0.4, 0.5) is 13.2 Å². The van der Waals surface area contributed by atoms with Crippen molar-refractivity contribution in [2.24, 2.45) is 10.7 Å². The lowest BCUT2D eigenvalue weighted by atomic mass is 9.89. The van der Waals surface area contributed by atoms with Gasteiger partial charge in [0.15, 0.2) is 11.0 Å². The molecule has 0 spiro atoms. The molecule has 0 saturated heterocycles. The number of hydrogen-bond donors (Lipinski definition) is 1. The third-order valence-electron chi connectivity index (χ3n) is 4.53. The van der Waals surface area contributed by atoms with Crippen molar-refractivity contribution in [2.75, 3.05) is 6.67 Å². The summed E-state index contributed by atoms with van der Waals surface area (Å²) in [6.07, 6.45) is -0.822. The molecule has 1 aliphatic heterocycles. The minimum absolute atomic E-state index is 0.0616. The maximum atomic E-state index is 14.9. The Morgan fingerprint density at radius 2 is 2.14 bits per heavy atom. The van der Waals surface area contributed by atoms with Crippen LogP contribution in [0.25, 0.3) is 0 Å². The number of hydrogen-bond acceptors (Lipinski definition) is 7. The van der Waals surface area contributed by atoms with Crippen molar-refractivity contribution in [3.8, 4) is 6.07 Å². The number of aromatic nitrogens is 2. The zero-order valence-corrected chi connectivity index (χ0v) is 16.1. The van der Waals surface area contributed by atoms with Crippen molar-refractivity contribution >= 4 is 22.7 Å². The van der Waals surface area contributed by atoms with Crippen LogP contribution in [0.3, 0.4) is 0 Å². The average molecular weight is 419 g/mol. The summed E-state index contributed by atoms with van der Waals surface area (Å²) in [6, 6.07) is 7.11. The summed E-state index contributed by atoms with van der Waals surface area (Å²) in [5.41, 5.74) is 4.12. The lowest BCUT2D eigenvalue weighted by Gasteiger charge is -2.36. The summed E-state index contributed by atoms with van der Waals surface area (Å²) in [5, 5.41) is 7.59. The number of amidine groups is 1. The Hall–Kier alpha value is -2.93. The predicted octanol–water partition coefficient (Wildman–Crippen LogP) is 2.87. The molecule has 2 aromatic heterocycles.